The van der Waals surface area contributed by atoms with E-state index < -0.39 is 11.9 Å². The summed E-state index contributed by atoms with van der Waals surface area (Å²) in [7, 11) is 0. The van der Waals surface area contributed by atoms with E-state index in [0.29, 0.717) is 31.1 Å². The SMILES string of the molecule is Nc1cc(C#CC2(COCc3ccccc3)CCC2)c(NCC(O)COCc2ccccc2)cc1F. The Labute approximate surface area is 212 Å². The molecule has 3 aromatic rings. The second kappa shape index (κ2) is 12.5. The smallest absolute Gasteiger partial charge is 0.148 e. The number of ether oxygens (including phenoxy) is 2. The summed E-state index contributed by atoms with van der Waals surface area (Å²) in [6, 6.07) is 22.7. The molecule has 4 rings (SSSR count). The van der Waals surface area contributed by atoms with Crippen LogP contribution in [0.4, 0.5) is 15.8 Å². The van der Waals surface area contributed by atoms with Gasteiger partial charge in [-0.05, 0) is 30.0 Å². The van der Waals surface area contributed by atoms with E-state index in [9.17, 15) is 9.50 Å². The van der Waals surface area contributed by atoms with Gasteiger partial charge in [0.2, 0.25) is 0 Å². The second-order valence-electron chi connectivity index (χ2n) is 9.32. The van der Waals surface area contributed by atoms with Crippen LogP contribution in [0.25, 0.3) is 0 Å². The molecule has 0 heterocycles. The first-order chi connectivity index (χ1) is 17.5. The number of halogens is 1. The fourth-order valence-corrected chi connectivity index (χ4v) is 4.06. The molecule has 188 valence electrons. The van der Waals surface area contributed by atoms with Crippen LogP contribution >= 0.6 is 0 Å². The van der Waals surface area contributed by atoms with Gasteiger partial charge in [-0.1, -0.05) is 78.9 Å². The van der Waals surface area contributed by atoms with E-state index in [1.54, 1.807) is 6.07 Å². The van der Waals surface area contributed by atoms with E-state index in [2.05, 4.69) is 17.2 Å². The minimum Gasteiger partial charge on any atom is -0.396 e. The highest BCUT2D eigenvalue weighted by molar-refractivity contribution is 5.65. The molecule has 1 aliphatic carbocycles. The Hall–Kier alpha value is -3.37. The second-order valence-corrected chi connectivity index (χ2v) is 9.32. The number of nitrogens with one attached hydrogen (secondary N) is 1. The lowest BCUT2D eigenvalue weighted by molar-refractivity contribution is 0.0231. The molecule has 5 nitrogen and oxygen atoms in total. The lowest BCUT2D eigenvalue weighted by atomic mass is 9.70. The molecule has 0 spiro atoms. The lowest BCUT2D eigenvalue weighted by Gasteiger charge is -2.36. The summed E-state index contributed by atoms with van der Waals surface area (Å²) in [4.78, 5) is 0. The molecular weight excluding hydrogens is 455 g/mol. The molecule has 3 aromatic carbocycles. The maximum atomic E-state index is 14.2. The number of benzene rings is 3. The average molecular weight is 489 g/mol. The van der Waals surface area contributed by atoms with Crippen LogP contribution in [-0.2, 0) is 22.7 Å². The third-order valence-electron chi connectivity index (χ3n) is 6.35. The fraction of sp³-hybridized carbons (Fsp3) is 0.333. The zero-order valence-electron chi connectivity index (χ0n) is 20.4. The van der Waals surface area contributed by atoms with Crippen LogP contribution in [0.1, 0.15) is 36.0 Å². The Bertz CT molecular complexity index is 1170. The first kappa shape index (κ1) is 25.7. The van der Waals surface area contributed by atoms with Crippen molar-refractivity contribution in [2.75, 3.05) is 30.8 Å². The van der Waals surface area contributed by atoms with Crippen molar-refractivity contribution < 1.29 is 19.0 Å². The van der Waals surface area contributed by atoms with Crippen LogP contribution in [0.15, 0.2) is 72.8 Å². The van der Waals surface area contributed by atoms with Gasteiger partial charge in [0, 0.05) is 18.2 Å². The van der Waals surface area contributed by atoms with E-state index >= 15 is 0 Å². The van der Waals surface area contributed by atoms with Gasteiger partial charge in [-0.25, -0.2) is 4.39 Å². The molecule has 4 N–H and O–H groups in total. The zero-order chi connectivity index (χ0) is 25.2. The van der Waals surface area contributed by atoms with E-state index in [1.165, 1.54) is 6.07 Å². The Balaban J connectivity index is 1.35. The van der Waals surface area contributed by atoms with Crippen molar-refractivity contribution in [2.24, 2.45) is 5.41 Å². The van der Waals surface area contributed by atoms with Crippen molar-refractivity contribution in [3.8, 4) is 11.8 Å². The van der Waals surface area contributed by atoms with Gasteiger partial charge in [-0.3, -0.25) is 0 Å². The van der Waals surface area contributed by atoms with Gasteiger partial charge in [0.1, 0.15) is 5.82 Å². The predicted octanol–water partition coefficient (Wildman–Crippen LogP) is 5.14. The largest absolute Gasteiger partial charge is 0.396 e. The van der Waals surface area contributed by atoms with Crippen LogP contribution in [-0.4, -0.2) is 31.0 Å². The number of aliphatic hydroxyl groups is 1. The molecule has 1 unspecified atom stereocenters. The molecule has 0 aliphatic heterocycles. The highest BCUT2D eigenvalue weighted by atomic mass is 19.1. The number of nitrogens with two attached hydrogens (primary N) is 1. The molecule has 0 saturated heterocycles. The first-order valence-electron chi connectivity index (χ1n) is 12.3. The maximum absolute atomic E-state index is 14.2. The molecule has 0 aromatic heterocycles. The molecule has 6 heteroatoms. The zero-order valence-corrected chi connectivity index (χ0v) is 20.4. The monoisotopic (exact) mass is 488 g/mol. The third kappa shape index (κ3) is 7.32. The van der Waals surface area contributed by atoms with Gasteiger partial charge in [0.15, 0.2) is 0 Å². The maximum Gasteiger partial charge on any atom is 0.148 e. The third-order valence-corrected chi connectivity index (χ3v) is 6.35. The molecule has 1 fully saturated rings. The summed E-state index contributed by atoms with van der Waals surface area (Å²) in [6.45, 7) is 1.86. The van der Waals surface area contributed by atoms with Gasteiger partial charge in [0.05, 0.1) is 49.3 Å². The van der Waals surface area contributed by atoms with E-state index in [1.807, 2.05) is 60.7 Å². The standard InChI is InChI=1S/C30H33FN2O3/c31-27-17-29(33-18-26(34)21-35-19-23-8-3-1-4-9-23)25(16-28(27)32)12-15-30(13-7-14-30)22-36-20-24-10-5-2-6-11-24/h1-6,8-11,16-17,26,33-34H,7,13-14,18-22,32H2. The van der Waals surface area contributed by atoms with Crippen molar-refractivity contribution in [3.05, 3.63) is 95.3 Å². The van der Waals surface area contributed by atoms with Gasteiger partial charge in [-0.2, -0.15) is 0 Å². The van der Waals surface area contributed by atoms with Gasteiger partial charge >= 0.3 is 0 Å². The molecule has 0 bridgehead atoms. The van der Waals surface area contributed by atoms with Gasteiger partial charge < -0.3 is 25.6 Å². The van der Waals surface area contributed by atoms with Crippen LogP contribution in [0.2, 0.25) is 0 Å². The topological polar surface area (TPSA) is 76.7 Å². The highest BCUT2D eigenvalue weighted by Gasteiger charge is 2.35. The van der Waals surface area contributed by atoms with Crippen molar-refractivity contribution in [1.82, 2.24) is 0 Å². The summed E-state index contributed by atoms with van der Waals surface area (Å²) in [5.74, 6) is 6.07. The first-order valence-corrected chi connectivity index (χ1v) is 12.3. The number of aliphatic hydroxyl groups excluding tert-OH is 1. The highest BCUT2D eigenvalue weighted by Crippen LogP contribution is 2.41. The van der Waals surface area contributed by atoms with Crippen molar-refractivity contribution >= 4 is 11.4 Å². The Kier molecular flexibility index (Phi) is 8.96. The van der Waals surface area contributed by atoms with Crippen LogP contribution in [0.5, 0.6) is 0 Å². The Morgan fingerprint density at radius 3 is 2.22 bits per heavy atom. The van der Waals surface area contributed by atoms with Crippen LogP contribution in [0, 0.1) is 23.1 Å². The van der Waals surface area contributed by atoms with E-state index in [-0.39, 0.29) is 24.3 Å². The van der Waals surface area contributed by atoms with Crippen LogP contribution in [0.3, 0.4) is 0 Å². The predicted molar refractivity (Wildman–Crippen MR) is 141 cm³/mol. The summed E-state index contributed by atoms with van der Waals surface area (Å²) in [6.07, 6.45) is 2.27. The number of hydrogen-bond acceptors (Lipinski definition) is 5. The number of hydrogen-bond donors (Lipinski definition) is 3. The summed E-state index contributed by atoms with van der Waals surface area (Å²) in [5.41, 5.74) is 8.92. The molecule has 1 saturated carbocycles. The molecule has 36 heavy (non-hydrogen) atoms. The number of rotatable bonds is 11. The Morgan fingerprint density at radius 2 is 1.61 bits per heavy atom. The average Bonchev–Trinajstić information content (AvgIpc) is 2.87. The lowest BCUT2D eigenvalue weighted by Crippen LogP contribution is -2.33. The number of anilines is 2. The van der Waals surface area contributed by atoms with Gasteiger partial charge in [0.25, 0.3) is 0 Å². The minimum atomic E-state index is -0.764. The van der Waals surface area contributed by atoms with Crippen LogP contribution < -0.4 is 11.1 Å². The Morgan fingerprint density at radius 1 is 0.972 bits per heavy atom. The fourth-order valence-electron chi connectivity index (χ4n) is 4.06. The summed E-state index contributed by atoms with van der Waals surface area (Å²) < 4.78 is 25.8. The molecule has 1 atom stereocenters. The van der Waals surface area contributed by atoms with Crippen molar-refractivity contribution in [3.63, 3.8) is 0 Å². The minimum absolute atomic E-state index is 0.0413. The molecule has 0 amide bonds. The molecular formula is C30H33FN2O3. The van der Waals surface area contributed by atoms with Crippen molar-refractivity contribution in [2.45, 2.75) is 38.6 Å². The van der Waals surface area contributed by atoms with E-state index in [0.717, 1.165) is 30.4 Å². The quantitative estimate of drug-likeness (QED) is 0.258. The molecule has 0 radical (unpaired) electrons. The normalized spacial score (nSPS) is 14.8. The van der Waals surface area contributed by atoms with Gasteiger partial charge in [-0.15, -0.1) is 0 Å². The summed E-state index contributed by atoms with van der Waals surface area (Å²) >= 11 is 0. The molecule has 1 aliphatic rings. The summed E-state index contributed by atoms with van der Waals surface area (Å²) in [5, 5.41) is 13.4. The van der Waals surface area contributed by atoms with Crippen molar-refractivity contribution in [1.29, 1.82) is 0 Å². The van der Waals surface area contributed by atoms with E-state index in [4.69, 9.17) is 15.2 Å². The number of nitrogen functional groups attached to an aromatic ring is 1.